The van der Waals surface area contributed by atoms with Crippen LogP contribution in [0.15, 0.2) is 77.8 Å². The molecule has 1 aliphatic heterocycles. The molecule has 27 heavy (non-hydrogen) atoms. The maximum atomic E-state index is 14.0. The molecular formula is C22H18ClFN3+. The van der Waals surface area contributed by atoms with Gasteiger partial charge in [-0.3, -0.25) is 4.90 Å². The Morgan fingerprint density at radius 3 is 2.48 bits per heavy atom. The van der Waals surface area contributed by atoms with Gasteiger partial charge in [0.05, 0.1) is 29.2 Å². The van der Waals surface area contributed by atoms with Gasteiger partial charge in [0.1, 0.15) is 22.9 Å². The molecule has 1 aromatic heterocycles. The Labute approximate surface area is 162 Å². The van der Waals surface area contributed by atoms with Crippen molar-refractivity contribution < 1.29 is 9.29 Å². The van der Waals surface area contributed by atoms with Gasteiger partial charge in [-0.1, -0.05) is 30.3 Å². The number of fused-ring (bicyclic) bond motifs is 4. The molecule has 1 aliphatic rings. The molecule has 0 saturated carbocycles. The van der Waals surface area contributed by atoms with Gasteiger partial charge in [0.15, 0.2) is 5.69 Å². The van der Waals surface area contributed by atoms with E-state index in [2.05, 4.69) is 24.2 Å². The van der Waals surface area contributed by atoms with Crippen molar-refractivity contribution in [3.8, 4) is 0 Å². The van der Waals surface area contributed by atoms with E-state index in [9.17, 15) is 4.39 Å². The third-order valence-electron chi connectivity index (χ3n) is 4.96. The summed E-state index contributed by atoms with van der Waals surface area (Å²) in [5, 5.41) is 1.16. The smallest absolute Gasteiger partial charge is 0.171 e. The third kappa shape index (κ3) is 2.74. The molecule has 134 valence electrons. The molecule has 0 fully saturated rings. The molecule has 4 aromatic rings. The van der Waals surface area contributed by atoms with Crippen LogP contribution < -0.4 is 4.90 Å². The molecule has 1 unspecified atom stereocenters. The van der Waals surface area contributed by atoms with Gasteiger partial charge < -0.3 is 4.98 Å². The molecular weight excluding hydrogens is 361 g/mol. The van der Waals surface area contributed by atoms with Crippen molar-refractivity contribution in [1.29, 1.82) is 0 Å². The lowest BCUT2D eigenvalue weighted by Gasteiger charge is -2.23. The van der Waals surface area contributed by atoms with Crippen molar-refractivity contribution in [2.24, 2.45) is 4.99 Å². The van der Waals surface area contributed by atoms with Crippen LogP contribution in [0.2, 0.25) is 0 Å². The second-order valence-corrected chi connectivity index (χ2v) is 6.53. The van der Waals surface area contributed by atoms with E-state index in [0.717, 1.165) is 49.8 Å². The van der Waals surface area contributed by atoms with Crippen LogP contribution in [0.25, 0.3) is 10.9 Å². The van der Waals surface area contributed by atoms with Crippen LogP contribution in [0.1, 0.15) is 11.3 Å². The Hall–Kier alpha value is -2.95. The minimum atomic E-state index is -0.253. The van der Waals surface area contributed by atoms with E-state index in [1.54, 1.807) is 6.07 Å². The van der Waals surface area contributed by atoms with Crippen LogP contribution in [-0.2, 0) is 0 Å². The topological polar surface area (TPSA) is 32.6 Å². The highest BCUT2D eigenvalue weighted by atomic mass is 35.5. The van der Waals surface area contributed by atoms with Crippen molar-refractivity contribution in [2.75, 3.05) is 7.05 Å². The van der Waals surface area contributed by atoms with Gasteiger partial charge in [-0.25, -0.2) is 9.38 Å². The van der Waals surface area contributed by atoms with E-state index >= 15 is 0 Å². The van der Waals surface area contributed by atoms with Gasteiger partial charge in [0.2, 0.25) is 0 Å². The molecule has 0 spiro atoms. The van der Waals surface area contributed by atoms with Crippen LogP contribution >= 0.6 is 12.4 Å². The normalized spacial score (nSPS) is 16.7. The number of nitrogens with zero attached hydrogens (tertiary/aromatic N) is 1. The Morgan fingerprint density at radius 2 is 1.67 bits per heavy atom. The van der Waals surface area contributed by atoms with E-state index in [1.165, 1.54) is 6.07 Å². The lowest BCUT2D eigenvalue weighted by Crippen LogP contribution is -2.99. The second-order valence-electron chi connectivity index (χ2n) is 6.53. The fourth-order valence-corrected chi connectivity index (χ4v) is 3.77. The van der Waals surface area contributed by atoms with Crippen molar-refractivity contribution in [1.82, 2.24) is 4.98 Å². The molecule has 0 amide bonds. The zero-order valence-electron chi connectivity index (χ0n) is 14.7. The summed E-state index contributed by atoms with van der Waals surface area (Å²) < 4.78 is 14.0. The number of rotatable bonds is 1. The van der Waals surface area contributed by atoms with Gasteiger partial charge in [0.25, 0.3) is 0 Å². The Bertz CT molecular complexity index is 1160. The molecule has 0 aliphatic carbocycles. The van der Waals surface area contributed by atoms with E-state index in [0.29, 0.717) is 0 Å². The number of hydrogen-bond donors (Lipinski definition) is 2. The van der Waals surface area contributed by atoms with Gasteiger partial charge >= 0.3 is 0 Å². The van der Waals surface area contributed by atoms with E-state index in [-0.39, 0.29) is 18.2 Å². The molecule has 0 bridgehead atoms. The zero-order chi connectivity index (χ0) is 17.7. The molecule has 3 nitrogen and oxygen atoms in total. The van der Waals surface area contributed by atoms with Gasteiger partial charge in [-0.15, -0.1) is 12.4 Å². The first-order valence-electron chi connectivity index (χ1n) is 8.61. The molecule has 0 saturated heterocycles. The third-order valence-corrected chi connectivity index (χ3v) is 4.96. The number of aromatic amines is 1. The SMILES string of the molecule is C[NH+]1c2ccc(F)cc2C(=Nc2ccccc2)c2[nH]c3ccccc3c21.Cl. The van der Waals surface area contributed by atoms with Gasteiger partial charge in [-0.2, -0.15) is 0 Å². The fourth-order valence-electron chi connectivity index (χ4n) is 3.77. The fraction of sp³-hybridized carbons (Fsp3) is 0.0455. The lowest BCUT2D eigenvalue weighted by molar-refractivity contribution is -0.734. The molecule has 5 heteroatoms. The Kier molecular flexibility index (Phi) is 4.30. The minimum Gasteiger partial charge on any atom is -0.348 e. The zero-order valence-corrected chi connectivity index (χ0v) is 15.5. The van der Waals surface area contributed by atoms with Crippen LogP contribution in [0.4, 0.5) is 21.5 Å². The second kappa shape index (κ2) is 6.65. The lowest BCUT2D eigenvalue weighted by atomic mass is 9.97. The monoisotopic (exact) mass is 378 g/mol. The highest BCUT2D eigenvalue weighted by Gasteiger charge is 2.34. The number of nitrogens with one attached hydrogen (secondary N) is 2. The quantitative estimate of drug-likeness (QED) is 0.481. The molecule has 1 atom stereocenters. The van der Waals surface area contributed by atoms with Gasteiger partial charge in [0, 0.05) is 6.07 Å². The van der Waals surface area contributed by atoms with Crippen LogP contribution in [0, 0.1) is 5.82 Å². The number of aliphatic imine (C=N–C) groups is 1. The molecule has 0 radical (unpaired) electrons. The van der Waals surface area contributed by atoms with Crippen LogP contribution in [0.5, 0.6) is 0 Å². The highest BCUT2D eigenvalue weighted by Crippen LogP contribution is 2.34. The standard InChI is InChI=1S/C22H16FN3.ClH/c1-26-19-12-11-14(23)13-17(19)20(24-15-7-3-2-4-8-15)21-22(26)16-9-5-6-10-18(16)25-21;/h2-13,25H,1H3;1H/p+1. The summed E-state index contributed by atoms with van der Waals surface area (Å²) in [6.07, 6.45) is 0. The molecule has 3 aromatic carbocycles. The maximum Gasteiger partial charge on any atom is 0.171 e. The van der Waals surface area contributed by atoms with E-state index < -0.39 is 0 Å². The van der Waals surface area contributed by atoms with Crippen LogP contribution in [-0.4, -0.2) is 17.7 Å². The van der Waals surface area contributed by atoms with E-state index in [1.807, 2.05) is 48.5 Å². The van der Waals surface area contributed by atoms with E-state index in [4.69, 9.17) is 4.99 Å². The number of para-hydroxylation sites is 2. The number of H-pyrrole nitrogens is 1. The molecule has 2 heterocycles. The number of benzene rings is 3. The van der Waals surface area contributed by atoms with Crippen molar-refractivity contribution >= 4 is 46.1 Å². The summed E-state index contributed by atoms with van der Waals surface area (Å²) in [5.74, 6) is -0.253. The van der Waals surface area contributed by atoms with Crippen molar-refractivity contribution in [2.45, 2.75) is 0 Å². The summed E-state index contributed by atoms with van der Waals surface area (Å²) in [6, 6.07) is 23.0. The Morgan fingerprint density at radius 1 is 0.926 bits per heavy atom. The molecule has 5 rings (SSSR count). The molecule has 2 N–H and O–H groups in total. The Balaban J connectivity index is 0.00000180. The first-order valence-corrected chi connectivity index (χ1v) is 8.61. The summed E-state index contributed by atoms with van der Waals surface area (Å²) in [4.78, 5) is 9.52. The number of aromatic nitrogens is 1. The largest absolute Gasteiger partial charge is 0.348 e. The van der Waals surface area contributed by atoms with Crippen molar-refractivity contribution in [3.63, 3.8) is 0 Å². The summed E-state index contributed by atoms with van der Waals surface area (Å²) in [7, 11) is 2.09. The minimum absolute atomic E-state index is 0. The number of quaternary nitrogens is 1. The summed E-state index contributed by atoms with van der Waals surface area (Å²) in [5.41, 5.74) is 6.64. The number of halogens is 2. The highest BCUT2D eigenvalue weighted by molar-refractivity contribution is 6.21. The summed E-state index contributed by atoms with van der Waals surface area (Å²) in [6.45, 7) is 0. The predicted octanol–water partition coefficient (Wildman–Crippen LogP) is 4.69. The first-order chi connectivity index (χ1) is 12.7. The maximum absolute atomic E-state index is 14.0. The average molecular weight is 379 g/mol. The average Bonchev–Trinajstić information content (AvgIpc) is 3.05. The number of hydrogen-bond acceptors (Lipinski definition) is 1. The predicted molar refractivity (Wildman–Crippen MR) is 110 cm³/mol. The van der Waals surface area contributed by atoms with Crippen molar-refractivity contribution in [3.05, 3.63) is 89.9 Å². The first kappa shape index (κ1) is 17.5. The van der Waals surface area contributed by atoms with Gasteiger partial charge in [-0.05, 0) is 36.4 Å². The summed E-state index contributed by atoms with van der Waals surface area (Å²) >= 11 is 0. The van der Waals surface area contributed by atoms with Crippen LogP contribution in [0.3, 0.4) is 0 Å².